The van der Waals surface area contributed by atoms with Gasteiger partial charge in [-0.25, -0.2) is 4.98 Å². The van der Waals surface area contributed by atoms with Crippen molar-refractivity contribution in [3.05, 3.63) is 36.0 Å². The monoisotopic (exact) mass is 332 g/mol. The van der Waals surface area contributed by atoms with Crippen LogP contribution in [0.5, 0.6) is 0 Å². The van der Waals surface area contributed by atoms with E-state index in [1.54, 1.807) is 18.6 Å². The molecular formula is C16H24N6S. The normalized spacial score (nSPS) is 16.1. The number of thioether (sulfide) groups is 1. The van der Waals surface area contributed by atoms with E-state index in [9.17, 15) is 0 Å². The summed E-state index contributed by atoms with van der Waals surface area (Å²) in [5, 5.41) is 8.68. The van der Waals surface area contributed by atoms with Gasteiger partial charge in [0.05, 0.1) is 30.7 Å². The molecule has 3 rings (SSSR count). The minimum atomic E-state index is 0.683. The molecule has 7 heteroatoms. The fourth-order valence-electron chi connectivity index (χ4n) is 2.71. The molecule has 0 spiro atoms. The van der Waals surface area contributed by atoms with Gasteiger partial charge < -0.3 is 5.32 Å². The van der Waals surface area contributed by atoms with Crippen LogP contribution in [-0.2, 0) is 19.6 Å². The summed E-state index contributed by atoms with van der Waals surface area (Å²) in [6.07, 6.45) is 8.52. The van der Waals surface area contributed by atoms with Crippen molar-refractivity contribution in [1.29, 1.82) is 0 Å². The van der Waals surface area contributed by atoms with Gasteiger partial charge in [-0.2, -0.15) is 16.9 Å². The predicted molar refractivity (Wildman–Crippen MR) is 94.5 cm³/mol. The molecule has 6 nitrogen and oxygen atoms in total. The maximum atomic E-state index is 4.69. The van der Waals surface area contributed by atoms with E-state index < -0.39 is 0 Å². The Bertz CT molecular complexity index is 614. The number of hydrogen-bond acceptors (Lipinski definition) is 6. The van der Waals surface area contributed by atoms with E-state index in [0.29, 0.717) is 6.54 Å². The van der Waals surface area contributed by atoms with Crippen molar-refractivity contribution in [1.82, 2.24) is 24.6 Å². The van der Waals surface area contributed by atoms with Crippen LogP contribution in [0.15, 0.2) is 24.7 Å². The van der Waals surface area contributed by atoms with Crippen molar-refractivity contribution in [3.63, 3.8) is 0 Å². The van der Waals surface area contributed by atoms with Crippen LogP contribution >= 0.6 is 11.8 Å². The number of anilines is 1. The molecule has 0 bridgehead atoms. The molecule has 1 unspecified atom stereocenters. The van der Waals surface area contributed by atoms with Gasteiger partial charge in [0, 0.05) is 30.7 Å². The Labute approximate surface area is 141 Å². The fourth-order valence-corrected chi connectivity index (χ4v) is 3.05. The highest BCUT2D eigenvalue weighted by molar-refractivity contribution is 7.99. The van der Waals surface area contributed by atoms with Gasteiger partial charge >= 0.3 is 0 Å². The van der Waals surface area contributed by atoms with Crippen LogP contribution in [0.2, 0.25) is 0 Å². The molecule has 2 aromatic rings. The maximum Gasteiger partial charge on any atom is 0.144 e. The Balaban J connectivity index is 1.54. The van der Waals surface area contributed by atoms with Crippen LogP contribution in [0.1, 0.15) is 24.7 Å². The van der Waals surface area contributed by atoms with E-state index in [4.69, 9.17) is 0 Å². The van der Waals surface area contributed by atoms with Crippen molar-refractivity contribution in [2.24, 2.45) is 0 Å². The van der Waals surface area contributed by atoms with E-state index in [1.807, 2.05) is 11.8 Å². The van der Waals surface area contributed by atoms with E-state index in [1.165, 1.54) is 18.7 Å². The van der Waals surface area contributed by atoms with E-state index in [2.05, 4.69) is 49.2 Å². The molecule has 0 saturated heterocycles. The second kappa shape index (κ2) is 7.79. The van der Waals surface area contributed by atoms with Crippen molar-refractivity contribution in [3.8, 4) is 0 Å². The van der Waals surface area contributed by atoms with Crippen molar-refractivity contribution >= 4 is 17.6 Å². The Kier molecular flexibility index (Phi) is 5.51. The highest BCUT2D eigenvalue weighted by Crippen LogP contribution is 2.17. The molecule has 0 saturated carbocycles. The van der Waals surface area contributed by atoms with Gasteiger partial charge in [-0.15, -0.1) is 0 Å². The van der Waals surface area contributed by atoms with Gasteiger partial charge in [-0.3, -0.25) is 14.6 Å². The molecule has 1 aliphatic heterocycles. The first-order valence-corrected chi connectivity index (χ1v) is 9.34. The van der Waals surface area contributed by atoms with Gasteiger partial charge in [0.25, 0.3) is 0 Å². The smallest absolute Gasteiger partial charge is 0.144 e. The molecule has 0 fully saturated rings. The number of aromatic nitrogens is 4. The topological polar surface area (TPSA) is 58.9 Å². The minimum absolute atomic E-state index is 0.683. The molecule has 124 valence electrons. The Morgan fingerprint density at radius 2 is 2.26 bits per heavy atom. The maximum absolute atomic E-state index is 4.69. The number of nitrogens with one attached hydrogen (secondary N) is 1. The number of fused-ring (bicyclic) bond motifs is 1. The second-order valence-electron chi connectivity index (χ2n) is 5.91. The molecule has 1 N–H and O–H groups in total. The molecule has 1 aliphatic rings. The van der Waals surface area contributed by atoms with Gasteiger partial charge in [0.2, 0.25) is 0 Å². The first-order valence-electron chi connectivity index (χ1n) is 8.05. The van der Waals surface area contributed by atoms with Crippen LogP contribution < -0.4 is 5.32 Å². The molecule has 0 aliphatic carbocycles. The Morgan fingerprint density at radius 3 is 3.04 bits per heavy atom. The SMILES string of the molecule is CSC(C)CCN1CCn2nc(CNc3cnccn3)cc2C1. The zero-order valence-electron chi connectivity index (χ0n) is 13.8. The highest BCUT2D eigenvalue weighted by atomic mass is 32.2. The third kappa shape index (κ3) is 4.45. The lowest BCUT2D eigenvalue weighted by Gasteiger charge is -2.28. The summed E-state index contributed by atoms with van der Waals surface area (Å²) in [7, 11) is 0. The van der Waals surface area contributed by atoms with Crippen molar-refractivity contribution in [2.75, 3.05) is 24.7 Å². The summed E-state index contributed by atoms with van der Waals surface area (Å²) < 4.78 is 2.14. The number of hydrogen-bond donors (Lipinski definition) is 1. The summed E-state index contributed by atoms with van der Waals surface area (Å²) in [6.45, 7) is 7.22. The zero-order valence-corrected chi connectivity index (χ0v) is 14.6. The summed E-state index contributed by atoms with van der Waals surface area (Å²) in [5.74, 6) is 0.783. The first kappa shape index (κ1) is 16.3. The quantitative estimate of drug-likeness (QED) is 0.839. The molecule has 1 atom stereocenters. The molecular weight excluding hydrogens is 308 g/mol. The molecule has 2 aromatic heterocycles. The van der Waals surface area contributed by atoms with E-state index >= 15 is 0 Å². The van der Waals surface area contributed by atoms with Crippen LogP contribution in [0, 0.1) is 0 Å². The average molecular weight is 332 g/mol. The van der Waals surface area contributed by atoms with Crippen LogP contribution in [0.4, 0.5) is 5.82 Å². The third-order valence-electron chi connectivity index (χ3n) is 4.20. The zero-order chi connectivity index (χ0) is 16.1. The largest absolute Gasteiger partial charge is 0.363 e. The fraction of sp³-hybridized carbons (Fsp3) is 0.562. The van der Waals surface area contributed by atoms with Crippen LogP contribution in [-0.4, -0.2) is 49.2 Å². The average Bonchev–Trinajstić information content (AvgIpc) is 3.01. The Hall–Kier alpha value is -1.60. The highest BCUT2D eigenvalue weighted by Gasteiger charge is 2.18. The summed E-state index contributed by atoms with van der Waals surface area (Å²) in [6, 6.07) is 2.20. The lowest BCUT2D eigenvalue weighted by molar-refractivity contribution is 0.211. The molecule has 3 heterocycles. The van der Waals surface area contributed by atoms with Gasteiger partial charge in [-0.05, 0) is 25.3 Å². The summed E-state index contributed by atoms with van der Waals surface area (Å²) in [5.41, 5.74) is 2.37. The van der Waals surface area contributed by atoms with Crippen LogP contribution in [0.25, 0.3) is 0 Å². The van der Waals surface area contributed by atoms with Gasteiger partial charge in [0.1, 0.15) is 5.82 Å². The number of nitrogens with zero attached hydrogens (tertiary/aromatic N) is 5. The number of rotatable bonds is 7. The second-order valence-corrected chi connectivity index (χ2v) is 7.18. The molecule has 0 amide bonds. The van der Waals surface area contributed by atoms with Crippen LogP contribution in [0.3, 0.4) is 0 Å². The molecule has 0 aromatic carbocycles. The molecule has 23 heavy (non-hydrogen) atoms. The Morgan fingerprint density at radius 1 is 1.35 bits per heavy atom. The molecule has 0 radical (unpaired) electrons. The van der Waals surface area contributed by atoms with E-state index in [-0.39, 0.29) is 0 Å². The summed E-state index contributed by atoms with van der Waals surface area (Å²) >= 11 is 1.94. The lowest BCUT2D eigenvalue weighted by Crippen LogP contribution is -2.35. The van der Waals surface area contributed by atoms with Gasteiger partial charge in [0.15, 0.2) is 0 Å². The third-order valence-corrected chi connectivity index (χ3v) is 5.24. The first-order chi connectivity index (χ1) is 11.2. The van der Waals surface area contributed by atoms with Crippen molar-refractivity contribution in [2.45, 2.75) is 38.2 Å². The van der Waals surface area contributed by atoms with E-state index in [0.717, 1.165) is 36.4 Å². The lowest BCUT2D eigenvalue weighted by atomic mass is 10.2. The van der Waals surface area contributed by atoms with Gasteiger partial charge in [-0.1, -0.05) is 6.92 Å². The summed E-state index contributed by atoms with van der Waals surface area (Å²) in [4.78, 5) is 10.8. The predicted octanol–water partition coefficient (Wildman–Crippen LogP) is 2.24. The minimum Gasteiger partial charge on any atom is -0.363 e. The van der Waals surface area contributed by atoms with Crippen molar-refractivity contribution < 1.29 is 0 Å². The standard InChI is InChI=1S/C16H24N6S/c1-13(23-2)3-6-21-7-8-22-15(12-21)9-14(20-22)10-19-16-11-17-4-5-18-16/h4-5,9,11,13H,3,6-8,10,12H2,1-2H3,(H,18,19).